The smallest absolute Gasteiger partial charge is 0.326 e. The van der Waals surface area contributed by atoms with Gasteiger partial charge in [0.1, 0.15) is 60.1 Å². The summed E-state index contributed by atoms with van der Waals surface area (Å²) >= 11 is 1.49. The van der Waals surface area contributed by atoms with Crippen molar-refractivity contribution in [2.75, 3.05) is 12.0 Å². The zero-order chi connectivity index (χ0) is 68.4. The van der Waals surface area contributed by atoms with Gasteiger partial charge in [-0.25, -0.2) is 4.79 Å². The number of aliphatic carboxylic acids is 2. The normalized spacial score (nSPS) is 15.2. The number of benzene rings is 3. The second-order valence-electron chi connectivity index (χ2n) is 23.4. The predicted octanol–water partition coefficient (Wildman–Crippen LogP) is 1.33. The maximum absolute atomic E-state index is 14.8. The van der Waals surface area contributed by atoms with Crippen molar-refractivity contribution in [1.82, 2.24) is 52.8 Å². The van der Waals surface area contributed by atoms with Gasteiger partial charge >= 0.3 is 11.9 Å². The average molecular weight is 1300 g/mol. The Bertz CT molecular complexity index is 3180. The second-order valence-corrected chi connectivity index (χ2v) is 24.4. The molecular weight excluding hydrogens is 1210 g/mol. The van der Waals surface area contributed by atoms with Crippen LogP contribution in [0.4, 0.5) is 0 Å². The molecule has 0 bridgehead atoms. The number of amides is 10. The standard InChI is InChI=1S/C64H90N12O15S/c1-9-35(5)53(75-60(86)47(29-39-20-22-41(77)23-21-39)71-56(82)43(65)26-27-92-8)62(88)68-37(7)55(81)70-48(31-40-33-67-44-19-15-14-18-42(40)44)61(87)76-54(36(6)10-2)63(89)73-46(28-34(3)4)58(84)69-45(24-25-52(79)80)57(83)72-49(32-51(66)78)59(85)74-50(64(90)91)30-38-16-12-11-13-17-38/h11-23,33-37,43,45-50,53-54,67,77H,9-10,24-32,65H2,1-8H3,(H2,66,78)(H,68,88)(H,69,84)(H,70,81)(H,71,82)(H,72,83)(H,73,89)(H,74,85)(H,75,86)(H,76,87)(H,79,80)(H,90,91)/t35-,36-,37-,43-,45-,46-,47-,48-,49-,50-,53-,54-/m0/s1. The van der Waals surface area contributed by atoms with Crippen molar-refractivity contribution in [3.8, 4) is 5.75 Å². The lowest BCUT2D eigenvalue weighted by Gasteiger charge is -2.30. The van der Waals surface area contributed by atoms with E-state index >= 15 is 0 Å². The largest absolute Gasteiger partial charge is 0.508 e. The Kier molecular flexibility index (Phi) is 30.6. The van der Waals surface area contributed by atoms with Gasteiger partial charge in [-0.1, -0.05) is 115 Å². The third kappa shape index (κ3) is 24.3. The number of phenols is 1. The van der Waals surface area contributed by atoms with Gasteiger partial charge in [-0.2, -0.15) is 11.8 Å². The number of carbonyl (C=O) groups is 12. The van der Waals surface area contributed by atoms with E-state index in [1.807, 2.05) is 12.3 Å². The molecule has 3 aromatic carbocycles. The third-order valence-corrected chi connectivity index (χ3v) is 16.2. The monoisotopic (exact) mass is 1300 g/mol. The van der Waals surface area contributed by atoms with Gasteiger partial charge in [-0.05, 0) is 90.8 Å². The van der Waals surface area contributed by atoms with E-state index in [1.54, 1.807) is 108 Å². The highest BCUT2D eigenvalue weighted by atomic mass is 32.2. The number of phenolic OH excluding ortho intramolecular Hbond substituents is 1. The summed E-state index contributed by atoms with van der Waals surface area (Å²) in [5.41, 5.74) is 14.0. The molecule has 0 aliphatic rings. The maximum Gasteiger partial charge on any atom is 0.326 e. The molecule has 0 saturated carbocycles. The molecule has 27 nitrogen and oxygen atoms in total. The molecule has 4 rings (SSSR count). The van der Waals surface area contributed by atoms with Crippen LogP contribution in [0.25, 0.3) is 10.9 Å². The lowest BCUT2D eigenvalue weighted by Crippen LogP contribution is -2.62. The number of hydrogen-bond acceptors (Lipinski definition) is 15. The molecule has 0 spiro atoms. The first-order valence-corrected chi connectivity index (χ1v) is 32.0. The molecule has 0 aliphatic heterocycles. The quantitative estimate of drug-likeness (QED) is 0.0300. The summed E-state index contributed by atoms with van der Waals surface area (Å²) < 4.78 is 0. The Morgan fingerprint density at radius 3 is 1.57 bits per heavy atom. The molecule has 0 saturated heterocycles. The number of nitrogens with two attached hydrogens (primary N) is 2. The van der Waals surface area contributed by atoms with E-state index in [0.717, 1.165) is 0 Å². The summed E-state index contributed by atoms with van der Waals surface area (Å²) in [5, 5.41) is 53.6. The van der Waals surface area contributed by atoms with Gasteiger partial charge in [0.05, 0.1) is 12.5 Å². The zero-order valence-electron chi connectivity index (χ0n) is 53.2. The van der Waals surface area contributed by atoms with Crippen molar-refractivity contribution in [2.45, 2.75) is 173 Å². The van der Waals surface area contributed by atoms with Gasteiger partial charge in [0, 0.05) is 42.8 Å². The highest BCUT2D eigenvalue weighted by molar-refractivity contribution is 7.98. The van der Waals surface area contributed by atoms with Crippen LogP contribution in [-0.4, -0.2) is 164 Å². The van der Waals surface area contributed by atoms with Gasteiger partial charge < -0.3 is 79.6 Å². The minimum atomic E-state index is -1.79. The number of H-pyrrole nitrogens is 1. The van der Waals surface area contributed by atoms with E-state index in [4.69, 9.17) is 11.5 Å². The molecule has 0 radical (unpaired) electrons. The first-order valence-electron chi connectivity index (χ1n) is 30.6. The van der Waals surface area contributed by atoms with E-state index in [0.29, 0.717) is 52.6 Å². The molecule has 0 unspecified atom stereocenters. The highest BCUT2D eigenvalue weighted by Gasteiger charge is 2.38. The van der Waals surface area contributed by atoms with Gasteiger partial charge in [0.2, 0.25) is 59.1 Å². The van der Waals surface area contributed by atoms with Crippen molar-refractivity contribution >= 4 is 93.7 Å². The van der Waals surface area contributed by atoms with Crippen molar-refractivity contribution in [3.63, 3.8) is 0 Å². The SMILES string of the molecule is CC[C@H](C)[C@H](NC(=O)[C@H](Cc1ccc(O)cc1)NC(=O)[C@@H](N)CCSC)C(=O)N[C@@H](C)C(=O)N[C@@H](Cc1c[nH]c2ccccc12)C(=O)N[C@H](C(=O)N[C@@H](CC(C)C)C(=O)N[C@@H](CCC(=O)O)C(=O)N[C@@H](CC(N)=O)C(=O)N[C@@H](Cc1ccccc1)C(=O)O)[C@@H](C)CC. The van der Waals surface area contributed by atoms with E-state index in [2.05, 4.69) is 52.8 Å². The Morgan fingerprint density at radius 2 is 1.00 bits per heavy atom. The number of para-hydroxylation sites is 1. The van der Waals surface area contributed by atoms with Gasteiger partial charge in [-0.15, -0.1) is 0 Å². The van der Waals surface area contributed by atoms with Gasteiger partial charge in [0.25, 0.3) is 0 Å². The van der Waals surface area contributed by atoms with E-state index in [-0.39, 0.29) is 37.4 Å². The molecule has 17 N–H and O–H groups in total. The number of fused-ring (bicyclic) bond motifs is 1. The number of aromatic hydroxyl groups is 1. The molecule has 28 heteroatoms. The minimum absolute atomic E-state index is 0.0158. The molecule has 502 valence electrons. The lowest BCUT2D eigenvalue weighted by molar-refractivity contribution is -0.142. The van der Waals surface area contributed by atoms with Crippen molar-refractivity contribution < 1.29 is 72.9 Å². The Labute approximate surface area is 539 Å². The van der Waals surface area contributed by atoms with Crippen LogP contribution < -0.4 is 59.3 Å². The number of hydrogen-bond donors (Lipinski definition) is 15. The number of carboxylic acid groups (broad SMARTS) is 2. The second kappa shape index (κ2) is 37.3. The molecule has 92 heavy (non-hydrogen) atoms. The van der Waals surface area contributed by atoms with Crippen LogP contribution in [0.15, 0.2) is 85.1 Å². The lowest BCUT2D eigenvalue weighted by atomic mass is 9.95. The first kappa shape index (κ1) is 75.4. The van der Waals surface area contributed by atoms with Crippen LogP contribution in [0.3, 0.4) is 0 Å². The number of rotatable bonds is 39. The van der Waals surface area contributed by atoms with E-state index in [9.17, 15) is 72.9 Å². The molecule has 10 amide bonds. The van der Waals surface area contributed by atoms with Crippen LogP contribution in [0.1, 0.15) is 110 Å². The molecule has 1 heterocycles. The molecular formula is C64H90N12O15S. The zero-order valence-corrected chi connectivity index (χ0v) is 54.0. The van der Waals surface area contributed by atoms with E-state index in [1.165, 1.54) is 30.8 Å². The molecule has 0 fully saturated rings. The van der Waals surface area contributed by atoms with Crippen LogP contribution >= 0.6 is 11.8 Å². The number of carboxylic acids is 2. The van der Waals surface area contributed by atoms with Crippen LogP contribution in [0.5, 0.6) is 5.75 Å². The number of aromatic amines is 1. The summed E-state index contributed by atoms with van der Waals surface area (Å²) in [6.07, 6.45) is 2.03. The third-order valence-electron chi connectivity index (χ3n) is 15.6. The number of aromatic nitrogens is 1. The fraction of sp³-hybridized carbons (Fsp3) is 0.500. The minimum Gasteiger partial charge on any atom is -0.508 e. The molecule has 0 aliphatic carbocycles. The fourth-order valence-corrected chi connectivity index (χ4v) is 10.3. The van der Waals surface area contributed by atoms with Crippen molar-refractivity contribution in [2.24, 2.45) is 29.2 Å². The summed E-state index contributed by atoms with van der Waals surface area (Å²) in [6, 6.07) is 7.44. The van der Waals surface area contributed by atoms with E-state index < -0.39 is 163 Å². The summed E-state index contributed by atoms with van der Waals surface area (Å²) in [7, 11) is 0. The predicted molar refractivity (Wildman–Crippen MR) is 345 cm³/mol. The molecule has 1 aromatic heterocycles. The topological polar surface area (TPSA) is 442 Å². The first-order chi connectivity index (χ1) is 43.5. The van der Waals surface area contributed by atoms with Crippen LogP contribution in [-0.2, 0) is 76.8 Å². The van der Waals surface area contributed by atoms with Gasteiger partial charge in [-0.3, -0.25) is 52.7 Å². The maximum atomic E-state index is 14.8. The van der Waals surface area contributed by atoms with Crippen LogP contribution in [0.2, 0.25) is 0 Å². The highest BCUT2D eigenvalue weighted by Crippen LogP contribution is 2.21. The number of primary amides is 1. The molecule has 12 atom stereocenters. The van der Waals surface area contributed by atoms with Crippen molar-refractivity contribution in [3.05, 3.63) is 102 Å². The Morgan fingerprint density at radius 1 is 0.522 bits per heavy atom. The number of carbonyl (C=O) groups excluding carboxylic acids is 10. The van der Waals surface area contributed by atoms with Gasteiger partial charge in [0.15, 0.2) is 0 Å². The Balaban J connectivity index is 1.59. The molecule has 4 aromatic rings. The fourth-order valence-electron chi connectivity index (χ4n) is 9.82. The summed E-state index contributed by atoms with van der Waals surface area (Å²) in [4.78, 5) is 167. The Hall–Kier alpha value is -9.05. The van der Waals surface area contributed by atoms with Crippen molar-refractivity contribution in [1.29, 1.82) is 0 Å². The number of nitrogens with one attached hydrogen (secondary N) is 10. The summed E-state index contributed by atoms with van der Waals surface area (Å²) in [6.45, 7) is 11.8. The average Bonchev–Trinajstić information content (AvgIpc) is 1.67. The number of thioether (sulfide) groups is 1. The van der Waals surface area contributed by atoms with Crippen LogP contribution in [0, 0.1) is 17.8 Å². The summed E-state index contributed by atoms with van der Waals surface area (Å²) in [5.74, 6) is -12.6.